The molecule has 1 heterocycles. The van der Waals surface area contributed by atoms with Gasteiger partial charge < -0.3 is 4.74 Å². The molecule has 0 aliphatic heterocycles. The Bertz CT molecular complexity index is 945. The van der Waals surface area contributed by atoms with E-state index in [1.807, 2.05) is 35.7 Å². The van der Waals surface area contributed by atoms with Crippen molar-refractivity contribution in [2.45, 2.75) is 19.4 Å². The van der Waals surface area contributed by atoms with Gasteiger partial charge in [0.05, 0.1) is 12.1 Å². The highest BCUT2D eigenvalue weighted by Gasteiger charge is 2.16. The lowest BCUT2D eigenvalue weighted by atomic mass is 10.2. The maximum atomic E-state index is 12.9. The Morgan fingerprint density at radius 1 is 1.11 bits per heavy atom. The van der Waals surface area contributed by atoms with Gasteiger partial charge in [-0.3, -0.25) is 20.4 Å². The lowest BCUT2D eigenvalue weighted by Gasteiger charge is -2.15. The minimum atomic E-state index is -0.866. The van der Waals surface area contributed by atoms with Gasteiger partial charge in [-0.2, -0.15) is 0 Å². The van der Waals surface area contributed by atoms with E-state index in [-0.39, 0.29) is 6.42 Å². The molecule has 0 spiro atoms. The zero-order chi connectivity index (χ0) is 19.9. The number of nitrogens with one attached hydrogen (secondary N) is 2. The quantitative estimate of drug-likeness (QED) is 0.624. The first-order chi connectivity index (χ1) is 13.5. The van der Waals surface area contributed by atoms with Gasteiger partial charge in [0.25, 0.3) is 5.91 Å². The number of halogens is 1. The average Bonchev–Trinajstić information content (AvgIpc) is 3.17. The van der Waals surface area contributed by atoms with Crippen LogP contribution in [0.25, 0.3) is 10.6 Å². The summed E-state index contributed by atoms with van der Waals surface area (Å²) in [5.41, 5.74) is 6.25. The van der Waals surface area contributed by atoms with Crippen molar-refractivity contribution in [2.24, 2.45) is 0 Å². The number of thiazole rings is 1. The molecule has 2 amide bonds. The van der Waals surface area contributed by atoms with Crippen LogP contribution in [-0.2, 0) is 16.0 Å². The Labute approximate surface area is 165 Å². The van der Waals surface area contributed by atoms with Crippen LogP contribution >= 0.6 is 11.3 Å². The molecule has 0 saturated carbocycles. The maximum Gasteiger partial charge on any atom is 0.279 e. The van der Waals surface area contributed by atoms with Crippen molar-refractivity contribution in [3.63, 3.8) is 0 Å². The minimum absolute atomic E-state index is 0.0385. The zero-order valence-electron chi connectivity index (χ0n) is 15.0. The van der Waals surface area contributed by atoms with Crippen molar-refractivity contribution in [1.29, 1.82) is 0 Å². The topological polar surface area (TPSA) is 80.3 Å². The molecule has 144 valence electrons. The number of carbonyl (C=O) groups excluding carboxylic acids is 2. The lowest BCUT2D eigenvalue weighted by Crippen LogP contribution is -2.47. The van der Waals surface area contributed by atoms with Crippen LogP contribution < -0.4 is 15.6 Å². The Hall–Kier alpha value is -3.26. The first-order valence-electron chi connectivity index (χ1n) is 8.52. The molecule has 8 heteroatoms. The summed E-state index contributed by atoms with van der Waals surface area (Å²) in [6.45, 7) is 1.53. The van der Waals surface area contributed by atoms with E-state index in [9.17, 15) is 14.0 Å². The second-order valence-corrected chi connectivity index (χ2v) is 6.80. The number of aromatic nitrogens is 1. The lowest BCUT2D eigenvalue weighted by molar-refractivity contribution is -0.132. The predicted molar refractivity (Wildman–Crippen MR) is 104 cm³/mol. The molecule has 3 aromatic rings. The molecule has 28 heavy (non-hydrogen) atoms. The Morgan fingerprint density at radius 3 is 2.54 bits per heavy atom. The molecule has 0 bridgehead atoms. The standard InChI is InChI=1S/C20H18FN3O3S/c1-13(27-17-9-7-15(21)8-10-17)19(26)24-23-18(25)11-16-12-28-20(22-16)14-5-3-2-4-6-14/h2-10,12-13H,11H2,1H3,(H,23,25)(H,24,26). The number of amides is 2. The molecule has 1 aromatic heterocycles. The summed E-state index contributed by atoms with van der Waals surface area (Å²) in [4.78, 5) is 28.5. The van der Waals surface area contributed by atoms with Crippen molar-refractivity contribution in [3.05, 3.63) is 71.5 Å². The third-order valence-electron chi connectivity index (χ3n) is 3.74. The highest BCUT2D eigenvalue weighted by molar-refractivity contribution is 7.13. The van der Waals surface area contributed by atoms with Crippen LogP contribution in [0.3, 0.4) is 0 Å². The maximum absolute atomic E-state index is 12.9. The summed E-state index contributed by atoms with van der Waals surface area (Å²) in [6.07, 6.45) is -0.827. The van der Waals surface area contributed by atoms with E-state index in [0.717, 1.165) is 10.6 Å². The fourth-order valence-electron chi connectivity index (χ4n) is 2.31. The number of ether oxygens (including phenoxy) is 1. The van der Waals surface area contributed by atoms with Crippen LogP contribution in [0.4, 0.5) is 4.39 Å². The molecule has 2 aromatic carbocycles. The van der Waals surface area contributed by atoms with Gasteiger partial charge >= 0.3 is 0 Å². The molecule has 0 saturated heterocycles. The fourth-order valence-corrected chi connectivity index (χ4v) is 3.14. The number of hydrogen-bond donors (Lipinski definition) is 2. The largest absolute Gasteiger partial charge is 0.481 e. The molecule has 0 aliphatic carbocycles. The molecule has 1 atom stereocenters. The van der Waals surface area contributed by atoms with E-state index in [2.05, 4.69) is 15.8 Å². The van der Waals surface area contributed by atoms with Gasteiger partial charge in [-0.25, -0.2) is 9.37 Å². The highest BCUT2D eigenvalue weighted by atomic mass is 32.1. The summed E-state index contributed by atoms with van der Waals surface area (Å²) < 4.78 is 18.3. The number of benzene rings is 2. The number of hydrazine groups is 1. The first kappa shape index (κ1) is 19.5. The fraction of sp³-hybridized carbons (Fsp3) is 0.150. The van der Waals surface area contributed by atoms with Crippen LogP contribution in [0.5, 0.6) is 5.75 Å². The molecule has 2 N–H and O–H groups in total. The second kappa shape index (κ2) is 9.09. The molecule has 0 radical (unpaired) electrons. The van der Waals surface area contributed by atoms with Gasteiger partial charge in [-0.15, -0.1) is 11.3 Å². The Kier molecular flexibility index (Phi) is 6.33. The summed E-state index contributed by atoms with van der Waals surface area (Å²) in [7, 11) is 0. The Morgan fingerprint density at radius 2 is 1.82 bits per heavy atom. The molecule has 0 fully saturated rings. The summed E-state index contributed by atoms with van der Waals surface area (Å²) >= 11 is 1.45. The molecule has 6 nitrogen and oxygen atoms in total. The smallest absolute Gasteiger partial charge is 0.279 e. The summed E-state index contributed by atoms with van der Waals surface area (Å²) in [5.74, 6) is -0.964. The van der Waals surface area contributed by atoms with Gasteiger partial charge in [0.15, 0.2) is 6.10 Å². The van der Waals surface area contributed by atoms with E-state index in [1.165, 1.54) is 42.5 Å². The van der Waals surface area contributed by atoms with Crippen LogP contribution in [0.1, 0.15) is 12.6 Å². The normalized spacial score (nSPS) is 11.5. The van der Waals surface area contributed by atoms with E-state index < -0.39 is 23.7 Å². The van der Waals surface area contributed by atoms with Gasteiger partial charge in [0.2, 0.25) is 5.91 Å². The average molecular weight is 399 g/mol. The molecule has 1 unspecified atom stereocenters. The van der Waals surface area contributed by atoms with Gasteiger partial charge in [-0.1, -0.05) is 30.3 Å². The van der Waals surface area contributed by atoms with Gasteiger partial charge in [-0.05, 0) is 31.2 Å². The molecular formula is C20H18FN3O3S. The van der Waals surface area contributed by atoms with Crippen molar-refractivity contribution in [2.75, 3.05) is 0 Å². The first-order valence-corrected chi connectivity index (χ1v) is 9.40. The second-order valence-electron chi connectivity index (χ2n) is 5.94. The minimum Gasteiger partial charge on any atom is -0.481 e. The number of carbonyl (C=O) groups is 2. The Balaban J connectivity index is 1.46. The van der Waals surface area contributed by atoms with Gasteiger partial charge in [0, 0.05) is 10.9 Å². The number of rotatable bonds is 6. The molecular weight excluding hydrogens is 381 g/mol. The zero-order valence-corrected chi connectivity index (χ0v) is 15.8. The third-order valence-corrected chi connectivity index (χ3v) is 4.68. The van der Waals surface area contributed by atoms with Crippen molar-refractivity contribution in [3.8, 4) is 16.3 Å². The SMILES string of the molecule is CC(Oc1ccc(F)cc1)C(=O)NNC(=O)Cc1csc(-c2ccccc2)n1. The van der Waals surface area contributed by atoms with Crippen molar-refractivity contribution in [1.82, 2.24) is 15.8 Å². The number of nitrogens with zero attached hydrogens (tertiary/aromatic N) is 1. The molecule has 3 rings (SSSR count). The predicted octanol–water partition coefficient (Wildman–Crippen LogP) is 3.11. The van der Waals surface area contributed by atoms with Crippen molar-refractivity contribution < 1.29 is 18.7 Å². The molecule has 0 aliphatic rings. The van der Waals surface area contributed by atoms with E-state index in [1.54, 1.807) is 0 Å². The van der Waals surface area contributed by atoms with Crippen LogP contribution in [0, 0.1) is 5.82 Å². The van der Waals surface area contributed by atoms with Gasteiger partial charge in [0.1, 0.15) is 16.6 Å². The summed E-state index contributed by atoms with van der Waals surface area (Å²) in [6, 6.07) is 15.0. The summed E-state index contributed by atoms with van der Waals surface area (Å²) in [5, 5.41) is 2.64. The van der Waals surface area contributed by atoms with Crippen LogP contribution in [0.2, 0.25) is 0 Å². The van der Waals surface area contributed by atoms with Crippen LogP contribution in [-0.4, -0.2) is 22.9 Å². The third kappa shape index (κ3) is 5.37. The van der Waals surface area contributed by atoms with E-state index >= 15 is 0 Å². The van der Waals surface area contributed by atoms with E-state index in [0.29, 0.717) is 11.4 Å². The van der Waals surface area contributed by atoms with Crippen molar-refractivity contribution >= 4 is 23.2 Å². The van der Waals surface area contributed by atoms with E-state index in [4.69, 9.17) is 4.74 Å². The number of hydrogen-bond acceptors (Lipinski definition) is 5. The monoisotopic (exact) mass is 399 g/mol. The van der Waals surface area contributed by atoms with Crippen LogP contribution in [0.15, 0.2) is 60.0 Å². The highest BCUT2D eigenvalue weighted by Crippen LogP contribution is 2.23.